The summed E-state index contributed by atoms with van der Waals surface area (Å²) < 4.78 is 12.3. The second-order valence-electron chi connectivity index (χ2n) is 8.10. The summed E-state index contributed by atoms with van der Waals surface area (Å²) in [5, 5.41) is 0. The molecule has 0 amide bonds. The van der Waals surface area contributed by atoms with E-state index < -0.39 is 0 Å². The molecule has 1 aromatic carbocycles. The first-order chi connectivity index (χ1) is 9.53. The van der Waals surface area contributed by atoms with Crippen molar-refractivity contribution in [2.24, 2.45) is 0 Å². The van der Waals surface area contributed by atoms with Crippen molar-refractivity contribution in [1.82, 2.24) is 0 Å². The van der Waals surface area contributed by atoms with Gasteiger partial charge >= 0.3 is 7.12 Å². The van der Waals surface area contributed by atoms with Crippen LogP contribution in [0, 0.1) is 0 Å². The topological polar surface area (TPSA) is 21.7 Å². The summed E-state index contributed by atoms with van der Waals surface area (Å²) in [6, 6.07) is 6.62. The first-order valence-corrected chi connectivity index (χ1v) is 7.75. The summed E-state index contributed by atoms with van der Waals surface area (Å²) in [5.74, 6) is 0. The third-order valence-corrected chi connectivity index (χ3v) is 5.32. The third kappa shape index (κ3) is 2.20. The second-order valence-corrected chi connectivity index (χ2v) is 8.10. The van der Waals surface area contributed by atoms with Crippen molar-refractivity contribution in [2.75, 3.05) is 18.5 Å². The summed E-state index contributed by atoms with van der Waals surface area (Å²) in [4.78, 5) is 2.32. The van der Waals surface area contributed by atoms with Gasteiger partial charge in [0.25, 0.3) is 0 Å². The smallest absolute Gasteiger partial charge is 0.399 e. The number of hydrogen-bond donors (Lipinski definition) is 0. The molecule has 0 unspecified atom stereocenters. The Balaban J connectivity index is 1.95. The average molecular weight is 287 g/mol. The Morgan fingerprint density at radius 2 is 1.57 bits per heavy atom. The number of nitrogens with zero attached hydrogens (tertiary/aromatic N) is 1. The van der Waals surface area contributed by atoms with Gasteiger partial charge in [0.05, 0.1) is 11.2 Å². The molecule has 0 N–H and O–H groups in total. The Hall–Kier alpha value is -0.995. The summed E-state index contributed by atoms with van der Waals surface area (Å²) >= 11 is 0. The molecule has 0 aliphatic carbocycles. The van der Waals surface area contributed by atoms with Gasteiger partial charge in [0.1, 0.15) is 0 Å². The van der Waals surface area contributed by atoms with Crippen molar-refractivity contribution in [1.29, 1.82) is 0 Å². The molecule has 3 rings (SSSR count). The molecule has 2 aliphatic rings. The van der Waals surface area contributed by atoms with E-state index in [-0.39, 0.29) is 23.7 Å². The van der Waals surface area contributed by atoms with Gasteiger partial charge in [-0.15, -0.1) is 0 Å². The highest BCUT2D eigenvalue weighted by atomic mass is 16.7. The number of likely N-dealkylation sites (N-methyl/N-ethyl adjacent to an activating group) is 1. The highest BCUT2D eigenvalue weighted by Crippen LogP contribution is 2.40. The van der Waals surface area contributed by atoms with Crippen molar-refractivity contribution in [3.8, 4) is 0 Å². The van der Waals surface area contributed by atoms with Gasteiger partial charge in [0.15, 0.2) is 0 Å². The summed E-state index contributed by atoms with van der Waals surface area (Å²) in [5.41, 5.74) is 3.44. The van der Waals surface area contributed by atoms with E-state index >= 15 is 0 Å². The number of rotatable bonds is 1. The molecule has 0 spiro atoms. The van der Waals surface area contributed by atoms with Crippen LogP contribution in [0.5, 0.6) is 0 Å². The fraction of sp³-hybridized carbons (Fsp3) is 0.647. The van der Waals surface area contributed by atoms with E-state index in [0.717, 1.165) is 12.0 Å². The molecule has 0 radical (unpaired) electrons. The Kier molecular flexibility index (Phi) is 3.03. The lowest BCUT2D eigenvalue weighted by atomic mass is 9.77. The molecule has 0 atom stereocenters. The first kappa shape index (κ1) is 14.9. The van der Waals surface area contributed by atoms with Gasteiger partial charge in [-0.05, 0) is 44.8 Å². The zero-order valence-electron chi connectivity index (χ0n) is 14.3. The molecule has 0 bridgehead atoms. The fourth-order valence-electron chi connectivity index (χ4n) is 3.33. The zero-order chi connectivity index (χ0) is 15.6. The fourth-order valence-corrected chi connectivity index (χ4v) is 3.33. The molecule has 0 aromatic heterocycles. The Labute approximate surface area is 128 Å². The minimum Gasteiger partial charge on any atom is -0.399 e. The van der Waals surface area contributed by atoms with Crippen molar-refractivity contribution < 1.29 is 9.31 Å². The molecule has 1 aromatic rings. The minimum absolute atomic E-state index is 0.207. The van der Waals surface area contributed by atoms with Crippen LogP contribution in [-0.2, 0) is 14.7 Å². The quantitative estimate of drug-likeness (QED) is 0.741. The van der Waals surface area contributed by atoms with Crippen LogP contribution in [0.3, 0.4) is 0 Å². The SMILES string of the molecule is CN1CC(C)(C)c2ccc(B3OC(C)(C)C(C)(C)O3)cc21. The molecular weight excluding hydrogens is 261 g/mol. The molecule has 2 heterocycles. The van der Waals surface area contributed by atoms with E-state index in [1.165, 1.54) is 11.3 Å². The predicted octanol–water partition coefficient (Wildman–Crippen LogP) is 2.71. The van der Waals surface area contributed by atoms with Gasteiger partial charge in [-0.25, -0.2) is 0 Å². The lowest BCUT2D eigenvalue weighted by Crippen LogP contribution is -2.41. The normalized spacial score (nSPS) is 25.3. The summed E-state index contributed by atoms with van der Waals surface area (Å²) in [6.07, 6.45) is 0. The van der Waals surface area contributed by atoms with Gasteiger partial charge in [-0.1, -0.05) is 26.0 Å². The third-order valence-electron chi connectivity index (χ3n) is 5.32. The van der Waals surface area contributed by atoms with Crippen LogP contribution < -0.4 is 10.4 Å². The van der Waals surface area contributed by atoms with Crippen molar-refractivity contribution in [3.05, 3.63) is 23.8 Å². The van der Waals surface area contributed by atoms with Gasteiger partial charge in [-0.2, -0.15) is 0 Å². The molecule has 3 nitrogen and oxygen atoms in total. The minimum atomic E-state index is -0.290. The van der Waals surface area contributed by atoms with E-state index in [9.17, 15) is 0 Å². The maximum absolute atomic E-state index is 6.16. The highest BCUT2D eigenvalue weighted by molar-refractivity contribution is 6.62. The summed E-state index contributed by atoms with van der Waals surface area (Å²) in [7, 11) is 1.87. The number of fused-ring (bicyclic) bond motifs is 1. The Bertz CT molecular complexity index is 564. The molecule has 114 valence electrons. The van der Waals surface area contributed by atoms with E-state index in [1.807, 2.05) is 0 Å². The van der Waals surface area contributed by atoms with Gasteiger partial charge in [-0.3, -0.25) is 0 Å². The highest BCUT2D eigenvalue weighted by Gasteiger charge is 2.52. The van der Waals surface area contributed by atoms with Crippen LogP contribution in [0.1, 0.15) is 47.1 Å². The maximum Gasteiger partial charge on any atom is 0.494 e. The van der Waals surface area contributed by atoms with Crippen LogP contribution in [0.2, 0.25) is 0 Å². The first-order valence-electron chi connectivity index (χ1n) is 7.75. The standard InChI is InChI=1S/C17H26BNO2/c1-15(2)11-19(7)14-10-12(8-9-13(14)15)18-20-16(3,4)17(5,6)21-18/h8-10H,11H2,1-7H3. The van der Waals surface area contributed by atoms with E-state index in [0.29, 0.717) is 0 Å². The van der Waals surface area contributed by atoms with Gasteiger partial charge in [0.2, 0.25) is 0 Å². The maximum atomic E-state index is 6.16. The van der Waals surface area contributed by atoms with Crippen LogP contribution in [0.4, 0.5) is 5.69 Å². The number of hydrogen-bond acceptors (Lipinski definition) is 3. The van der Waals surface area contributed by atoms with Crippen LogP contribution in [-0.4, -0.2) is 31.9 Å². The summed E-state index contributed by atoms with van der Waals surface area (Å²) in [6.45, 7) is 14.0. The largest absolute Gasteiger partial charge is 0.494 e. The van der Waals surface area contributed by atoms with Crippen molar-refractivity contribution >= 4 is 18.3 Å². The monoisotopic (exact) mass is 287 g/mol. The molecule has 0 saturated carbocycles. The molecule has 2 aliphatic heterocycles. The molecule has 21 heavy (non-hydrogen) atoms. The van der Waals surface area contributed by atoms with E-state index in [4.69, 9.17) is 9.31 Å². The number of anilines is 1. The van der Waals surface area contributed by atoms with Crippen LogP contribution in [0.25, 0.3) is 0 Å². The van der Waals surface area contributed by atoms with E-state index in [1.54, 1.807) is 0 Å². The molecule has 4 heteroatoms. The van der Waals surface area contributed by atoms with Gasteiger partial charge in [0, 0.05) is 24.7 Å². The Morgan fingerprint density at radius 3 is 2.14 bits per heavy atom. The van der Waals surface area contributed by atoms with Crippen molar-refractivity contribution in [3.63, 3.8) is 0 Å². The zero-order valence-corrected chi connectivity index (χ0v) is 14.3. The van der Waals surface area contributed by atoms with Gasteiger partial charge < -0.3 is 14.2 Å². The molecular formula is C17H26BNO2. The second kappa shape index (κ2) is 4.27. The predicted molar refractivity (Wildman–Crippen MR) is 88.5 cm³/mol. The number of benzene rings is 1. The average Bonchev–Trinajstić information content (AvgIpc) is 2.70. The molecule has 1 fully saturated rings. The molecule has 1 saturated heterocycles. The van der Waals surface area contributed by atoms with Crippen LogP contribution in [0.15, 0.2) is 18.2 Å². The van der Waals surface area contributed by atoms with E-state index in [2.05, 4.69) is 71.7 Å². The van der Waals surface area contributed by atoms with Crippen LogP contribution >= 0.6 is 0 Å². The lowest BCUT2D eigenvalue weighted by molar-refractivity contribution is 0.00578. The van der Waals surface area contributed by atoms with Crippen molar-refractivity contribution in [2.45, 2.75) is 58.2 Å². The lowest BCUT2D eigenvalue weighted by Gasteiger charge is -2.32. The Morgan fingerprint density at radius 1 is 1.00 bits per heavy atom.